The van der Waals surface area contributed by atoms with E-state index in [0.29, 0.717) is 24.6 Å². The minimum Gasteiger partial charge on any atom is -0.496 e. The van der Waals surface area contributed by atoms with Crippen molar-refractivity contribution < 1.29 is 14.6 Å². The molecule has 0 unspecified atom stereocenters. The second-order valence-electron chi connectivity index (χ2n) is 4.61. The third-order valence-corrected chi connectivity index (χ3v) is 3.51. The molecule has 0 aliphatic rings. The number of methoxy groups -OCH3 is 1. The normalized spacial score (nSPS) is 10.4. The Hall–Kier alpha value is -1.13. The molecule has 118 valence electrons. The molecular formula is C15H21Cl2NO3. The molecule has 0 bridgehead atoms. The number of ether oxygens (including phenoxy) is 1. The maximum Gasteiger partial charge on any atom is 0.303 e. The summed E-state index contributed by atoms with van der Waals surface area (Å²) in [5.74, 6) is 1.05. The molecule has 1 aromatic rings. The molecule has 0 spiro atoms. The van der Waals surface area contributed by atoms with Crippen LogP contribution in [0.25, 0.3) is 0 Å². The van der Waals surface area contributed by atoms with E-state index in [4.69, 9.17) is 33.0 Å². The zero-order chi connectivity index (χ0) is 15.7. The average Bonchev–Trinajstić information content (AvgIpc) is 2.46. The number of carbonyl (C=O) groups is 1. The van der Waals surface area contributed by atoms with E-state index < -0.39 is 5.97 Å². The van der Waals surface area contributed by atoms with Gasteiger partial charge in [-0.1, -0.05) is 0 Å². The van der Waals surface area contributed by atoms with Crippen molar-refractivity contribution >= 4 is 34.9 Å². The summed E-state index contributed by atoms with van der Waals surface area (Å²) in [5.41, 5.74) is 2.04. The summed E-state index contributed by atoms with van der Waals surface area (Å²) in [6, 6.07) is 5.90. The molecule has 1 aromatic carbocycles. The van der Waals surface area contributed by atoms with E-state index in [1.807, 2.05) is 18.2 Å². The molecule has 0 radical (unpaired) electrons. The number of hydrogen-bond acceptors (Lipinski definition) is 3. The van der Waals surface area contributed by atoms with Gasteiger partial charge < -0.3 is 14.7 Å². The summed E-state index contributed by atoms with van der Waals surface area (Å²) in [4.78, 5) is 12.7. The maximum absolute atomic E-state index is 10.6. The van der Waals surface area contributed by atoms with Crippen molar-refractivity contribution in [2.45, 2.75) is 19.3 Å². The minimum atomic E-state index is -0.781. The first-order valence-electron chi connectivity index (χ1n) is 6.88. The molecule has 0 aromatic heterocycles. The smallest absolute Gasteiger partial charge is 0.303 e. The molecule has 1 N–H and O–H groups in total. The Labute approximate surface area is 135 Å². The first-order valence-corrected chi connectivity index (χ1v) is 7.94. The highest BCUT2D eigenvalue weighted by Gasteiger charge is 2.10. The van der Waals surface area contributed by atoms with Crippen molar-refractivity contribution in [2.24, 2.45) is 0 Å². The standard InChI is InChI=1S/C15H21Cl2NO3/c1-21-14-6-5-13(18(9-7-16)10-8-17)11-12(14)3-2-4-15(19)20/h5-6,11H,2-4,7-10H2,1H3,(H,19,20). The number of hydrogen-bond donors (Lipinski definition) is 1. The van der Waals surface area contributed by atoms with Gasteiger partial charge in [0.05, 0.1) is 7.11 Å². The molecule has 0 aliphatic heterocycles. The zero-order valence-electron chi connectivity index (χ0n) is 12.1. The number of alkyl halides is 2. The van der Waals surface area contributed by atoms with Crippen LogP contribution in [0.15, 0.2) is 18.2 Å². The predicted molar refractivity (Wildman–Crippen MR) is 87.2 cm³/mol. The minimum absolute atomic E-state index is 0.153. The third-order valence-electron chi connectivity index (χ3n) is 3.17. The number of rotatable bonds is 10. The lowest BCUT2D eigenvalue weighted by Crippen LogP contribution is -2.27. The number of carboxylic acid groups (broad SMARTS) is 1. The van der Waals surface area contributed by atoms with Gasteiger partial charge in [-0.15, -0.1) is 23.2 Å². The lowest BCUT2D eigenvalue weighted by molar-refractivity contribution is -0.137. The number of carboxylic acids is 1. The van der Waals surface area contributed by atoms with Crippen LogP contribution >= 0.6 is 23.2 Å². The molecule has 0 amide bonds. The van der Waals surface area contributed by atoms with Crippen molar-refractivity contribution in [1.82, 2.24) is 0 Å². The Balaban J connectivity index is 2.88. The highest BCUT2D eigenvalue weighted by Crippen LogP contribution is 2.26. The van der Waals surface area contributed by atoms with E-state index >= 15 is 0 Å². The fraction of sp³-hybridized carbons (Fsp3) is 0.533. The fourth-order valence-electron chi connectivity index (χ4n) is 2.16. The van der Waals surface area contributed by atoms with Crippen molar-refractivity contribution in [3.63, 3.8) is 0 Å². The number of anilines is 1. The number of benzene rings is 1. The van der Waals surface area contributed by atoms with E-state index in [9.17, 15) is 4.79 Å². The van der Waals surface area contributed by atoms with Crippen molar-refractivity contribution in [1.29, 1.82) is 0 Å². The van der Waals surface area contributed by atoms with E-state index in [-0.39, 0.29) is 6.42 Å². The van der Waals surface area contributed by atoms with Gasteiger partial charge in [0.25, 0.3) is 0 Å². The average molecular weight is 334 g/mol. The van der Waals surface area contributed by atoms with Gasteiger partial charge in [0, 0.05) is 37.0 Å². The van der Waals surface area contributed by atoms with Crippen LogP contribution in [0.1, 0.15) is 18.4 Å². The number of aliphatic carboxylic acids is 1. The van der Waals surface area contributed by atoms with Crippen LogP contribution in [0.3, 0.4) is 0 Å². The quantitative estimate of drug-likeness (QED) is 0.667. The lowest BCUT2D eigenvalue weighted by atomic mass is 10.1. The van der Waals surface area contributed by atoms with Gasteiger partial charge in [-0.2, -0.15) is 0 Å². The van der Waals surface area contributed by atoms with Gasteiger partial charge in [0.2, 0.25) is 0 Å². The molecule has 4 nitrogen and oxygen atoms in total. The van der Waals surface area contributed by atoms with Gasteiger partial charge in [-0.3, -0.25) is 4.79 Å². The van der Waals surface area contributed by atoms with Crippen molar-refractivity contribution in [3.05, 3.63) is 23.8 Å². The van der Waals surface area contributed by atoms with Gasteiger partial charge >= 0.3 is 5.97 Å². The summed E-state index contributed by atoms with van der Waals surface area (Å²) in [6.45, 7) is 1.43. The summed E-state index contributed by atoms with van der Waals surface area (Å²) >= 11 is 11.6. The summed E-state index contributed by atoms with van der Waals surface area (Å²) in [6.07, 6.45) is 1.40. The fourth-order valence-corrected chi connectivity index (χ4v) is 2.57. The van der Waals surface area contributed by atoms with Crippen LogP contribution in [-0.4, -0.2) is 43.0 Å². The predicted octanol–water partition coefficient (Wildman–Crippen LogP) is 3.39. The second-order valence-corrected chi connectivity index (χ2v) is 5.36. The molecule has 0 saturated heterocycles. The largest absolute Gasteiger partial charge is 0.496 e. The topological polar surface area (TPSA) is 49.8 Å². The van der Waals surface area contributed by atoms with Gasteiger partial charge in [-0.05, 0) is 36.6 Å². The molecule has 21 heavy (non-hydrogen) atoms. The summed E-state index contributed by atoms with van der Waals surface area (Å²) in [7, 11) is 1.62. The Bertz CT molecular complexity index is 449. The molecule has 0 atom stereocenters. The number of aryl methyl sites for hydroxylation is 1. The molecule has 0 aliphatic carbocycles. The summed E-state index contributed by atoms with van der Waals surface area (Å²) in [5, 5.41) is 8.73. The number of halogens is 2. The monoisotopic (exact) mass is 333 g/mol. The lowest BCUT2D eigenvalue weighted by Gasteiger charge is -2.24. The van der Waals surface area contributed by atoms with Crippen LogP contribution in [0.2, 0.25) is 0 Å². The van der Waals surface area contributed by atoms with Gasteiger partial charge in [-0.25, -0.2) is 0 Å². The first-order chi connectivity index (χ1) is 10.1. The van der Waals surface area contributed by atoms with E-state index in [0.717, 1.165) is 30.1 Å². The second kappa shape index (κ2) is 9.74. The Morgan fingerprint density at radius 2 is 1.95 bits per heavy atom. The van der Waals surface area contributed by atoms with Crippen LogP contribution in [0, 0.1) is 0 Å². The molecular weight excluding hydrogens is 313 g/mol. The van der Waals surface area contributed by atoms with E-state index in [1.165, 1.54) is 0 Å². The van der Waals surface area contributed by atoms with Crippen LogP contribution < -0.4 is 9.64 Å². The van der Waals surface area contributed by atoms with Crippen LogP contribution in [0.5, 0.6) is 5.75 Å². The molecule has 0 saturated carbocycles. The number of nitrogens with zero attached hydrogens (tertiary/aromatic N) is 1. The maximum atomic E-state index is 10.6. The van der Waals surface area contributed by atoms with E-state index in [2.05, 4.69) is 4.90 Å². The van der Waals surface area contributed by atoms with Crippen molar-refractivity contribution in [3.8, 4) is 5.75 Å². The summed E-state index contributed by atoms with van der Waals surface area (Å²) < 4.78 is 5.34. The third kappa shape index (κ3) is 6.02. The Morgan fingerprint density at radius 1 is 1.29 bits per heavy atom. The molecule has 6 heteroatoms. The SMILES string of the molecule is COc1ccc(N(CCCl)CCCl)cc1CCCC(=O)O. The van der Waals surface area contributed by atoms with Gasteiger partial charge in [0.15, 0.2) is 0 Å². The Morgan fingerprint density at radius 3 is 2.48 bits per heavy atom. The van der Waals surface area contributed by atoms with Crippen LogP contribution in [0.4, 0.5) is 5.69 Å². The Kier molecular flexibility index (Phi) is 8.31. The zero-order valence-corrected chi connectivity index (χ0v) is 13.7. The highest BCUT2D eigenvalue weighted by molar-refractivity contribution is 6.18. The highest BCUT2D eigenvalue weighted by atomic mass is 35.5. The van der Waals surface area contributed by atoms with Crippen molar-refractivity contribution in [2.75, 3.05) is 36.9 Å². The van der Waals surface area contributed by atoms with Crippen LogP contribution in [-0.2, 0) is 11.2 Å². The molecule has 1 rings (SSSR count). The molecule has 0 heterocycles. The first kappa shape index (κ1) is 17.9. The van der Waals surface area contributed by atoms with E-state index in [1.54, 1.807) is 7.11 Å². The molecule has 0 fully saturated rings. The van der Waals surface area contributed by atoms with Gasteiger partial charge in [0.1, 0.15) is 5.75 Å².